The Bertz CT molecular complexity index is 576. The lowest BCUT2D eigenvalue weighted by Gasteiger charge is -2.41. The highest BCUT2D eigenvalue weighted by Crippen LogP contribution is 2.30. The van der Waals surface area contributed by atoms with E-state index in [0.717, 1.165) is 22.9 Å². The third kappa shape index (κ3) is 3.05. The van der Waals surface area contributed by atoms with Gasteiger partial charge < -0.3 is 15.3 Å². The minimum atomic E-state index is -1.14. The van der Waals surface area contributed by atoms with Gasteiger partial charge in [0, 0.05) is 16.7 Å². The maximum absolute atomic E-state index is 12.5. The first-order valence-corrected chi connectivity index (χ1v) is 7.72. The summed E-state index contributed by atoms with van der Waals surface area (Å²) in [5.74, 6) is -0.955. The van der Waals surface area contributed by atoms with Crippen molar-refractivity contribution in [2.45, 2.75) is 38.6 Å². The van der Waals surface area contributed by atoms with E-state index in [9.17, 15) is 14.7 Å². The normalized spacial score (nSPS) is 22.0. The van der Waals surface area contributed by atoms with Crippen molar-refractivity contribution in [3.8, 4) is 0 Å². The van der Waals surface area contributed by atoms with Crippen LogP contribution >= 0.6 is 15.9 Å². The molecule has 1 heterocycles. The maximum atomic E-state index is 12.5. The Morgan fingerprint density at radius 1 is 1.38 bits per heavy atom. The second-order valence-corrected chi connectivity index (χ2v) is 6.38. The van der Waals surface area contributed by atoms with E-state index in [4.69, 9.17) is 0 Å². The van der Waals surface area contributed by atoms with E-state index in [-0.39, 0.29) is 6.03 Å². The van der Waals surface area contributed by atoms with Crippen molar-refractivity contribution < 1.29 is 14.7 Å². The number of hydrogen-bond acceptors (Lipinski definition) is 2. The zero-order valence-electron chi connectivity index (χ0n) is 12.1. The predicted octanol–water partition coefficient (Wildman–Crippen LogP) is 3.62. The van der Waals surface area contributed by atoms with Crippen LogP contribution in [0.3, 0.4) is 0 Å². The molecule has 0 aromatic heterocycles. The zero-order chi connectivity index (χ0) is 15.6. The molecule has 1 aliphatic heterocycles. The molecule has 1 aromatic rings. The summed E-state index contributed by atoms with van der Waals surface area (Å²) in [5.41, 5.74) is 0.468. The number of piperidine rings is 1. The molecule has 0 saturated carbocycles. The quantitative estimate of drug-likeness (QED) is 0.851. The number of hydrogen-bond donors (Lipinski definition) is 2. The molecule has 2 amide bonds. The second-order valence-electron chi connectivity index (χ2n) is 5.53. The van der Waals surface area contributed by atoms with Gasteiger partial charge in [0.05, 0.1) is 0 Å². The maximum Gasteiger partial charge on any atom is 0.329 e. The Morgan fingerprint density at radius 2 is 2.10 bits per heavy atom. The van der Waals surface area contributed by atoms with Gasteiger partial charge in [0.1, 0.15) is 5.54 Å². The topological polar surface area (TPSA) is 69.6 Å². The number of carbonyl (C=O) groups is 2. The summed E-state index contributed by atoms with van der Waals surface area (Å²) in [7, 11) is 0. The minimum Gasteiger partial charge on any atom is -0.480 e. The number of carboxylic acid groups (broad SMARTS) is 1. The molecule has 1 fully saturated rings. The molecule has 5 nitrogen and oxygen atoms in total. The first-order chi connectivity index (χ1) is 9.86. The average molecular weight is 355 g/mol. The number of halogens is 1. The molecule has 1 saturated heterocycles. The highest BCUT2D eigenvalue weighted by Gasteiger charge is 2.44. The molecule has 2 N–H and O–H groups in total. The van der Waals surface area contributed by atoms with Crippen molar-refractivity contribution >= 4 is 33.6 Å². The van der Waals surface area contributed by atoms with Crippen molar-refractivity contribution in [2.24, 2.45) is 0 Å². The lowest BCUT2D eigenvalue weighted by atomic mass is 9.89. The molecule has 0 radical (unpaired) electrons. The molecule has 0 spiro atoms. The molecular weight excluding hydrogens is 336 g/mol. The van der Waals surface area contributed by atoms with Crippen molar-refractivity contribution in [3.63, 3.8) is 0 Å². The summed E-state index contributed by atoms with van der Waals surface area (Å²) in [6.45, 7) is 3.97. The van der Waals surface area contributed by atoms with Gasteiger partial charge in [-0.3, -0.25) is 0 Å². The number of benzene rings is 1. The van der Waals surface area contributed by atoms with Crippen LogP contribution < -0.4 is 5.32 Å². The van der Waals surface area contributed by atoms with Crippen LogP contribution in [-0.4, -0.2) is 34.1 Å². The predicted molar refractivity (Wildman–Crippen MR) is 84.5 cm³/mol. The Morgan fingerprint density at radius 3 is 2.76 bits per heavy atom. The molecule has 114 valence electrons. The van der Waals surface area contributed by atoms with Gasteiger partial charge in [0.15, 0.2) is 0 Å². The minimum absolute atomic E-state index is 0.360. The highest BCUT2D eigenvalue weighted by atomic mass is 79.9. The van der Waals surface area contributed by atoms with Gasteiger partial charge in [-0.15, -0.1) is 0 Å². The molecule has 1 aromatic carbocycles. The molecule has 21 heavy (non-hydrogen) atoms. The van der Waals surface area contributed by atoms with Crippen LogP contribution in [0.2, 0.25) is 0 Å². The zero-order valence-corrected chi connectivity index (χ0v) is 13.7. The molecule has 6 heteroatoms. The van der Waals surface area contributed by atoms with Gasteiger partial charge >= 0.3 is 12.0 Å². The van der Waals surface area contributed by atoms with Gasteiger partial charge in [0.2, 0.25) is 0 Å². The van der Waals surface area contributed by atoms with E-state index in [2.05, 4.69) is 21.2 Å². The van der Waals surface area contributed by atoms with E-state index < -0.39 is 11.5 Å². The number of likely N-dealkylation sites (tertiary alicyclic amines) is 1. The third-order valence-corrected chi connectivity index (χ3v) is 4.97. The molecular formula is C15H19BrN2O3. The van der Waals surface area contributed by atoms with Crippen LogP contribution in [0.15, 0.2) is 22.7 Å². The largest absolute Gasteiger partial charge is 0.480 e. The molecule has 2 rings (SSSR count). The summed E-state index contributed by atoms with van der Waals surface area (Å²) in [5, 5.41) is 12.3. The Balaban J connectivity index is 2.22. The highest BCUT2D eigenvalue weighted by molar-refractivity contribution is 9.10. The lowest BCUT2D eigenvalue weighted by molar-refractivity contribution is -0.150. The van der Waals surface area contributed by atoms with Crippen molar-refractivity contribution in [1.82, 2.24) is 4.90 Å². The number of carbonyl (C=O) groups excluding carboxylic acids is 1. The van der Waals surface area contributed by atoms with E-state index in [1.54, 1.807) is 13.0 Å². The fourth-order valence-corrected chi connectivity index (χ4v) is 2.96. The van der Waals surface area contributed by atoms with Crippen molar-refractivity contribution in [3.05, 3.63) is 28.2 Å². The number of anilines is 1. The second kappa shape index (κ2) is 6.05. The van der Waals surface area contributed by atoms with Crippen LogP contribution in [0.4, 0.5) is 10.5 Å². The summed E-state index contributed by atoms with van der Waals surface area (Å²) in [6, 6.07) is 5.17. The summed E-state index contributed by atoms with van der Waals surface area (Å²) >= 11 is 3.42. The smallest absolute Gasteiger partial charge is 0.329 e. The van der Waals surface area contributed by atoms with Gasteiger partial charge in [0.25, 0.3) is 0 Å². The van der Waals surface area contributed by atoms with Crippen LogP contribution in [-0.2, 0) is 4.79 Å². The van der Waals surface area contributed by atoms with Gasteiger partial charge in [-0.25, -0.2) is 9.59 Å². The number of carboxylic acids is 1. The van der Waals surface area contributed by atoms with E-state index in [1.807, 2.05) is 19.1 Å². The van der Waals surface area contributed by atoms with Crippen molar-refractivity contribution in [1.29, 1.82) is 0 Å². The standard InChI is InChI=1S/C15H19BrN2O3/c1-10-11(16)6-5-7-12(10)17-14(21)18-9-4-3-8-15(18,2)13(19)20/h5-7H,3-4,8-9H2,1-2H3,(H,17,21)(H,19,20). The first kappa shape index (κ1) is 15.8. The Labute approximate surface area is 132 Å². The summed E-state index contributed by atoms with van der Waals surface area (Å²) in [4.78, 5) is 25.5. The van der Waals surface area contributed by atoms with E-state index >= 15 is 0 Å². The molecule has 1 unspecified atom stereocenters. The van der Waals surface area contributed by atoms with Crippen LogP contribution in [0, 0.1) is 6.92 Å². The van der Waals surface area contributed by atoms with E-state index in [1.165, 1.54) is 4.90 Å². The van der Waals surface area contributed by atoms with Crippen LogP contribution in [0.5, 0.6) is 0 Å². The van der Waals surface area contributed by atoms with Gasteiger partial charge in [-0.1, -0.05) is 22.0 Å². The first-order valence-electron chi connectivity index (χ1n) is 6.93. The molecule has 1 aliphatic rings. The summed E-state index contributed by atoms with van der Waals surface area (Å²) in [6.07, 6.45) is 2.13. The number of aliphatic carboxylic acids is 1. The summed E-state index contributed by atoms with van der Waals surface area (Å²) < 4.78 is 0.903. The third-order valence-electron chi connectivity index (χ3n) is 4.11. The Hall–Kier alpha value is -1.56. The molecule has 1 atom stereocenters. The van der Waals surface area contributed by atoms with Gasteiger partial charge in [-0.05, 0) is 50.8 Å². The fraction of sp³-hybridized carbons (Fsp3) is 0.467. The molecule has 0 aliphatic carbocycles. The monoisotopic (exact) mass is 354 g/mol. The number of nitrogens with zero attached hydrogens (tertiary/aromatic N) is 1. The van der Waals surface area contributed by atoms with Crippen LogP contribution in [0.25, 0.3) is 0 Å². The fourth-order valence-electron chi connectivity index (χ4n) is 2.59. The number of amides is 2. The lowest BCUT2D eigenvalue weighted by Crippen LogP contribution is -2.58. The van der Waals surface area contributed by atoms with Gasteiger partial charge in [-0.2, -0.15) is 0 Å². The number of urea groups is 1. The number of nitrogens with one attached hydrogen (secondary N) is 1. The SMILES string of the molecule is Cc1c(Br)cccc1NC(=O)N1CCCCC1(C)C(=O)O. The average Bonchev–Trinajstić information content (AvgIpc) is 2.44. The van der Waals surface area contributed by atoms with E-state index in [0.29, 0.717) is 18.7 Å². The Kier molecular flexibility index (Phi) is 4.56. The van der Waals surface area contributed by atoms with Crippen LogP contribution in [0.1, 0.15) is 31.7 Å². The van der Waals surface area contributed by atoms with Crippen molar-refractivity contribution in [2.75, 3.05) is 11.9 Å². The number of rotatable bonds is 2. The molecule has 0 bridgehead atoms.